The third kappa shape index (κ3) is 4.21. The van der Waals surface area contributed by atoms with Gasteiger partial charge in [-0.2, -0.15) is 0 Å². The Labute approximate surface area is 149 Å². The van der Waals surface area contributed by atoms with Gasteiger partial charge >= 0.3 is 5.97 Å². The predicted molar refractivity (Wildman–Crippen MR) is 91.8 cm³/mol. The smallest absolute Gasteiger partial charge is 0.355 e. The SMILES string of the molecule is CC(=O)c1c[nH]c(C(=O)OCC(=O)Nc2ccc3c(c2)OCCCO3)c1. The molecule has 0 fully saturated rings. The molecule has 8 heteroatoms. The highest BCUT2D eigenvalue weighted by Gasteiger charge is 2.15. The van der Waals surface area contributed by atoms with Crippen LogP contribution in [0.15, 0.2) is 30.5 Å². The molecule has 1 amide bonds. The van der Waals surface area contributed by atoms with E-state index in [2.05, 4.69) is 10.3 Å². The van der Waals surface area contributed by atoms with E-state index in [0.29, 0.717) is 36.0 Å². The highest BCUT2D eigenvalue weighted by molar-refractivity contribution is 5.98. The number of aromatic amines is 1. The minimum absolute atomic E-state index is 0.110. The van der Waals surface area contributed by atoms with Crippen LogP contribution in [0.1, 0.15) is 34.2 Å². The Kier molecular flexibility index (Phi) is 5.21. The number of ketones is 1. The molecule has 1 aromatic heterocycles. The van der Waals surface area contributed by atoms with Crippen molar-refractivity contribution in [3.05, 3.63) is 41.7 Å². The van der Waals surface area contributed by atoms with Gasteiger partial charge in [-0.25, -0.2) is 4.79 Å². The average Bonchev–Trinajstić information content (AvgIpc) is 3.00. The summed E-state index contributed by atoms with van der Waals surface area (Å²) in [7, 11) is 0. The van der Waals surface area contributed by atoms with Crippen LogP contribution in [-0.2, 0) is 9.53 Å². The van der Waals surface area contributed by atoms with Crippen molar-refractivity contribution in [2.45, 2.75) is 13.3 Å². The highest BCUT2D eigenvalue weighted by atomic mass is 16.5. The molecule has 2 N–H and O–H groups in total. The number of amides is 1. The second-order valence-corrected chi connectivity index (χ2v) is 5.69. The molecule has 136 valence electrons. The van der Waals surface area contributed by atoms with Gasteiger partial charge in [0.15, 0.2) is 23.9 Å². The van der Waals surface area contributed by atoms with Crippen LogP contribution < -0.4 is 14.8 Å². The minimum atomic E-state index is -0.716. The number of fused-ring (bicyclic) bond motifs is 1. The molecule has 2 aromatic rings. The fraction of sp³-hybridized carbons (Fsp3) is 0.278. The Bertz CT molecular complexity index is 842. The van der Waals surface area contributed by atoms with Crippen molar-refractivity contribution in [1.82, 2.24) is 4.98 Å². The summed E-state index contributed by atoms with van der Waals surface area (Å²) in [4.78, 5) is 37.7. The van der Waals surface area contributed by atoms with Crippen LogP contribution in [-0.4, -0.2) is 42.5 Å². The molecule has 2 heterocycles. The van der Waals surface area contributed by atoms with Crippen LogP contribution in [0.2, 0.25) is 0 Å². The van der Waals surface area contributed by atoms with Crippen molar-refractivity contribution >= 4 is 23.3 Å². The van der Waals surface area contributed by atoms with Gasteiger partial charge in [-0.05, 0) is 25.1 Å². The third-order valence-electron chi connectivity index (χ3n) is 3.68. The first kappa shape index (κ1) is 17.5. The Morgan fingerprint density at radius 3 is 2.65 bits per heavy atom. The van der Waals surface area contributed by atoms with Gasteiger partial charge in [-0.15, -0.1) is 0 Å². The molecule has 1 aromatic carbocycles. The fourth-order valence-electron chi connectivity index (χ4n) is 2.36. The maximum Gasteiger partial charge on any atom is 0.355 e. The Morgan fingerprint density at radius 1 is 1.15 bits per heavy atom. The molecule has 0 aliphatic carbocycles. The molecular weight excluding hydrogens is 340 g/mol. The topological polar surface area (TPSA) is 107 Å². The van der Waals surface area contributed by atoms with Crippen LogP contribution in [0.3, 0.4) is 0 Å². The number of anilines is 1. The number of hydrogen-bond acceptors (Lipinski definition) is 6. The lowest BCUT2D eigenvalue weighted by Gasteiger charge is -2.10. The zero-order chi connectivity index (χ0) is 18.5. The minimum Gasteiger partial charge on any atom is -0.490 e. The van der Waals surface area contributed by atoms with Crippen molar-refractivity contribution in [3.8, 4) is 11.5 Å². The van der Waals surface area contributed by atoms with Crippen molar-refractivity contribution < 1.29 is 28.6 Å². The van der Waals surface area contributed by atoms with Crippen LogP contribution >= 0.6 is 0 Å². The number of esters is 1. The number of carbonyl (C=O) groups excluding carboxylic acids is 3. The molecule has 0 radical (unpaired) electrons. The summed E-state index contributed by atoms with van der Waals surface area (Å²) < 4.78 is 16.0. The van der Waals surface area contributed by atoms with Gasteiger partial charge in [0.1, 0.15) is 5.69 Å². The number of carbonyl (C=O) groups is 3. The lowest BCUT2D eigenvalue weighted by Crippen LogP contribution is -2.21. The van der Waals surface area contributed by atoms with E-state index in [1.54, 1.807) is 18.2 Å². The molecular formula is C18H18N2O6. The second kappa shape index (κ2) is 7.73. The van der Waals surface area contributed by atoms with E-state index in [1.165, 1.54) is 19.2 Å². The van der Waals surface area contributed by atoms with Gasteiger partial charge in [0.25, 0.3) is 5.91 Å². The van der Waals surface area contributed by atoms with Crippen molar-refractivity contribution in [2.24, 2.45) is 0 Å². The molecule has 0 unspecified atom stereocenters. The molecule has 0 spiro atoms. The molecule has 1 aliphatic heterocycles. The predicted octanol–water partition coefficient (Wildman–Crippen LogP) is 2.17. The van der Waals surface area contributed by atoms with Crippen LogP contribution in [0.4, 0.5) is 5.69 Å². The van der Waals surface area contributed by atoms with Gasteiger partial charge in [0.05, 0.1) is 13.2 Å². The molecule has 0 atom stereocenters. The zero-order valence-corrected chi connectivity index (χ0v) is 14.2. The first-order valence-corrected chi connectivity index (χ1v) is 8.09. The van der Waals surface area contributed by atoms with Crippen LogP contribution in [0, 0.1) is 0 Å². The first-order chi connectivity index (χ1) is 12.5. The normalized spacial score (nSPS) is 12.8. The average molecular weight is 358 g/mol. The van der Waals surface area contributed by atoms with E-state index in [9.17, 15) is 14.4 Å². The van der Waals surface area contributed by atoms with Gasteiger partial charge in [0, 0.05) is 29.9 Å². The molecule has 0 saturated heterocycles. The lowest BCUT2D eigenvalue weighted by atomic mass is 10.2. The standard InChI is InChI=1S/C18H18N2O6/c1-11(21)12-7-14(19-9-12)18(23)26-10-17(22)20-13-3-4-15-16(8-13)25-6-2-5-24-15/h3-4,7-9,19H,2,5-6,10H2,1H3,(H,20,22). The van der Waals surface area contributed by atoms with E-state index >= 15 is 0 Å². The maximum absolute atomic E-state index is 12.0. The lowest BCUT2D eigenvalue weighted by molar-refractivity contribution is -0.119. The molecule has 1 aliphatic rings. The summed E-state index contributed by atoms with van der Waals surface area (Å²) in [5.74, 6) is -0.203. The zero-order valence-electron chi connectivity index (χ0n) is 14.2. The first-order valence-electron chi connectivity index (χ1n) is 8.09. The Hall–Kier alpha value is -3.29. The van der Waals surface area contributed by atoms with Gasteiger partial charge < -0.3 is 24.5 Å². The number of benzene rings is 1. The quantitative estimate of drug-likeness (QED) is 0.627. The molecule has 8 nitrogen and oxygen atoms in total. The Balaban J connectivity index is 1.54. The number of H-pyrrole nitrogens is 1. The number of nitrogens with one attached hydrogen (secondary N) is 2. The van der Waals surface area contributed by atoms with Crippen LogP contribution in [0.5, 0.6) is 11.5 Å². The monoisotopic (exact) mass is 358 g/mol. The Morgan fingerprint density at radius 2 is 1.92 bits per heavy atom. The number of ether oxygens (including phenoxy) is 3. The van der Waals surface area contributed by atoms with Crippen molar-refractivity contribution in [3.63, 3.8) is 0 Å². The molecule has 26 heavy (non-hydrogen) atoms. The fourth-order valence-corrected chi connectivity index (χ4v) is 2.36. The summed E-state index contributed by atoms with van der Waals surface area (Å²) in [6.45, 7) is 2.06. The maximum atomic E-state index is 12.0. The number of hydrogen-bond donors (Lipinski definition) is 2. The second-order valence-electron chi connectivity index (χ2n) is 5.69. The van der Waals surface area contributed by atoms with E-state index in [4.69, 9.17) is 14.2 Å². The van der Waals surface area contributed by atoms with Gasteiger partial charge in [-0.3, -0.25) is 9.59 Å². The summed E-state index contributed by atoms with van der Waals surface area (Å²) in [5, 5.41) is 2.63. The van der Waals surface area contributed by atoms with Crippen LogP contribution in [0.25, 0.3) is 0 Å². The number of aromatic nitrogens is 1. The van der Waals surface area contributed by atoms with Gasteiger partial charge in [-0.1, -0.05) is 0 Å². The number of Topliss-reactive ketones (excluding diaryl/α,β-unsaturated/α-hetero) is 1. The van der Waals surface area contributed by atoms with E-state index in [0.717, 1.165) is 6.42 Å². The largest absolute Gasteiger partial charge is 0.490 e. The van der Waals surface area contributed by atoms with E-state index < -0.39 is 18.5 Å². The number of rotatable bonds is 5. The summed E-state index contributed by atoms with van der Waals surface area (Å²) in [5.41, 5.74) is 0.987. The summed E-state index contributed by atoms with van der Waals surface area (Å²) >= 11 is 0. The third-order valence-corrected chi connectivity index (χ3v) is 3.68. The van der Waals surface area contributed by atoms with E-state index in [1.807, 2.05) is 0 Å². The summed E-state index contributed by atoms with van der Waals surface area (Å²) in [6, 6.07) is 6.43. The molecule has 3 rings (SSSR count). The summed E-state index contributed by atoms with van der Waals surface area (Å²) in [6.07, 6.45) is 2.20. The van der Waals surface area contributed by atoms with E-state index in [-0.39, 0.29) is 11.5 Å². The van der Waals surface area contributed by atoms with Crippen molar-refractivity contribution in [2.75, 3.05) is 25.1 Å². The molecule has 0 bridgehead atoms. The van der Waals surface area contributed by atoms with Gasteiger partial charge in [0.2, 0.25) is 0 Å². The highest BCUT2D eigenvalue weighted by Crippen LogP contribution is 2.32. The molecule has 0 saturated carbocycles. The van der Waals surface area contributed by atoms with Crippen molar-refractivity contribution in [1.29, 1.82) is 0 Å².